The minimum Gasteiger partial charge on any atom is -0.311 e. The van der Waals surface area contributed by atoms with Gasteiger partial charge in [0.15, 0.2) is 0 Å². The SMILES string of the molecule is C1CCN(C2C[C@@H]3CC[C@@H](C2)N3)C1. The minimum atomic E-state index is 0.865. The first-order valence-corrected chi connectivity index (χ1v) is 5.92. The highest BCUT2D eigenvalue weighted by Gasteiger charge is 2.36. The summed E-state index contributed by atoms with van der Waals surface area (Å²) >= 11 is 0. The maximum absolute atomic E-state index is 3.72. The van der Waals surface area contributed by atoms with Gasteiger partial charge in [-0.1, -0.05) is 0 Å². The van der Waals surface area contributed by atoms with Gasteiger partial charge in [-0.3, -0.25) is 0 Å². The molecular formula is C11H20N2. The van der Waals surface area contributed by atoms with Gasteiger partial charge in [-0.2, -0.15) is 0 Å². The van der Waals surface area contributed by atoms with E-state index in [1.807, 2.05) is 0 Å². The van der Waals surface area contributed by atoms with E-state index in [4.69, 9.17) is 0 Å². The lowest BCUT2D eigenvalue weighted by atomic mass is 9.99. The predicted molar refractivity (Wildman–Crippen MR) is 53.8 cm³/mol. The van der Waals surface area contributed by atoms with Crippen molar-refractivity contribution in [2.24, 2.45) is 0 Å². The van der Waals surface area contributed by atoms with Gasteiger partial charge in [-0.25, -0.2) is 0 Å². The Balaban J connectivity index is 1.65. The first-order valence-electron chi connectivity index (χ1n) is 5.92. The van der Waals surface area contributed by atoms with Crippen molar-refractivity contribution in [3.8, 4) is 0 Å². The smallest absolute Gasteiger partial charge is 0.0125 e. The predicted octanol–water partition coefficient (Wildman–Crippen LogP) is 1.37. The molecule has 3 rings (SSSR count). The van der Waals surface area contributed by atoms with Crippen molar-refractivity contribution in [1.82, 2.24) is 10.2 Å². The molecule has 0 amide bonds. The number of nitrogens with one attached hydrogen (secondary N) is 1. The van der Waals surface area contributed by atoms with Crippen LogP contribution in [0.4, 0.5) is 0 Å². The number of likely N-dealkylation sites (tertiary alicyclic amines) is 1. The van der Waals surface area contributed by atoms with Crippen LogP contribution in [-0.4, -0.2) is 36.1 Å². The molecule has 2 heteroatoms. The van der Waals surface area contributed by atoms with Gasteiger partial charge in [0.1, 0.15) is 0 Å². The van der Waals surface area contributed by atoms with Crippen LogP contribution in [0.25, 0.3) is 0 Å². The van der Waals surface area contributed by atoms with Crippen molar-refractivity contribution < 1.29 is 0 Å². The summed E-state index contributed by atoms with van der Waals surface area (Å²) in [5.41, 5.74) is 0. The van der Waals surface area contributed by atoms with E-state index >= 15 is 0 Å². The van der Waals surface area contributed by atoms with Crippen LogP contribution < -0.4 is 5.32 Å². The molecule has 0 spiro atoms. The van der Waals surface area contributed by atoms with E-state index in [1.54, 1.807) is 0 Å². The molecule has 0 aromatic rings. The molecule has 0 aliphatic carbocycles. The zero-order valence-corrected chi connectivity index (χ0v) is 8.34. The third-order valence-corrected chi connectivity index (χ3v) is 4.11. The van der Waals surface area contributed by atoms with Crippen molar-refractivity contribution in [2.75, 3.05) is 13.1 Å². The quantitative estimate of drug-likeness (QED) is 0.655. The Bertz CT molecular complexity index is 175. The number of piperidine rings is 1. The molecule has 0 saturated carbocycles. The Morgan fingerprint density at radius 3 is 2.15 bits per heavy atom. The highest BCUT2D eigenvalue weighted by Crippen LogP contribution is 2.31. The highest BCUT2D eigenvalue weighted by atomic mass is 15.2. The first-order chi connectivity index (χ1) is 6.42. The van der Waals surface area contributed by atoms with Crippen molar-refractivity contribution in [1.29, 1.82) is 0 Å². The van der Waals surface area contributed by atoms with E-state index in [1.165, 1.54) is 51.6 Å². The van der Waals surface area contributed by atoms with Crippen LogP contribution in [0.3, 0.4) is 0 Å². The lowest BCUT2D eigenvalue weighted by molar-refractivity contribution is 0.172. The van der Waals surface area contributed by atoms with Crippen LogP contribution in [0.2, 0.25) is 0 Å². The zero-order chi connectivity index (χ0) is 8.67. The Kier molecular flexibility index (Phi) is 2.06. The van der Waals surface area contributed by atoms with Crippen LogP contribution in [-0.2, 0) is 0 Å². The summed E-state index contributed by atoms with van der Waals surface area (Å²) in [7, 11) is 0. The number of nitrogens with zero attached hydrogens (tertiary/aromatic N) is 1. The third kappa shape index (κ3) is 1.50. The van der Waals surface area contributed by atoms with Crippen molar-refractivity contribution in [3.05, 3.63) is 0 Å². The summed E-state index contributed by atoms with van der Waals surface area (Å²) in [4.78, 5) is 2.74. The van der Waals surface area contributed by atoms with Gasteiger partial charge in [0.25, 0.3) is 0 Å². The summed E-state index contributed by atoms with van der Waals surface area (Å²) in [6.07, 6.45) is 8.62. The zero-order valence-electron chi connectivity index (χ0n) is 8.34. The van der Waals surface area contributed by atoms with Gasteiger partial charge in [0, 0.05) is 18.1 Å². The van der Waals surface area contributed by atoms with E-state index in [0.717, 1.165) is 18.1 Å². The minimum absolute atomic E-state index is 0.865. The Morgan fingerprint density at radius 1 is 0.923 bits per heavy atom. The fourth-order valence-electron chi connectivity index (χ4n) is 3.43. The third-order valence-electron chi connectivity index (χ3n) is 4.11. The molecule has 3 aliphatic heterocycles. The van der Waals surface area contributed by atoms with Crippen molar-refractivity contribution in [2.45, 2.75) is 56.7 Å². The molecule has 2 atom stereocenters. The summed E-state index contributed by atoms with van der Waals surface area (Å²) in [6.45, 7) is 2.76. The number of fused-ring (bicyclic) bond motifs is 2. The second-order valence-electron chi connectivity index (χ2n) is 5.01. The molecular weight excluding hydrogens is 160 g/mol. The normalized spacial score (nSPS) is 45.7. The van der Waals surface area contributed by atoms with Crippen LogP contribution in [0.5, 0.6) is 0 Å². The second kappa shape index (κ2) is 3.25. The number of hydrogen-bond acceptors (Lipinski definition) is 2. The second-order valence-corrected chi connectivity index (χ2v) is 5.01. The van der Waals surface area contributed by atoms with Crippen molar-refractivity contribution in [3.63, 3.8) is 0 Å². The van der Waals surface area contributed by atoms with Crippen LogP contribution in [0, 0.1) is 0 Å². The molecule has 0 aromatic carbocycles. The van der Waals surface area contributed by atoms with Crippen LogP contribution in [0.1, 0.15) is 38.5 Å². The number of rotatable bonds is 1. The molecule has 3 saturated heterocycles. The van der Waals surface area contributed by atoms with E-state index in [0.29, 0.717) is 0 Å². The average molecular weight is 180 g/mol. The van der Waals surface area contributed by atoms with Crippen LogP contribution >= 0.6 is 0 Å². The highest BCUT2D eigenvalue weighted by molar-refractivity contribution is 4.96. The van der Waals surface area contributed by atoms with Crippen LogP contribution in [0.15, 0.2) is 0 Å². The van der Waals surface area contributed by atoms with Gasteiger partial charge in [0.2, 0.25) is 0 Å². The van der Waals surface area contributed by atoms with E-state index in [2.05, 4.69) is 10.2 Å². The van der Waals surface area contributed by atoms with Gasteiger partial charge >= 0.3 is 0 Å². The maximum Gasteiger partial charge on any atom is 0.0125 e. The molecule has 0 radical (unpaired) electrons. The Labute approximate surface area is 80.7 Å². The number of hydrogen-bond donors (Lipinski definition) is 1. The lowest BCUT2D eigenvalue weighted by Gasteiger charge is -2.35. The molecule has 3 aliphatic rings. The van der Waals surface area contributed by atoms with Crippen molar-refractivity contribution >= 4 is 0 Å². The molecule has 13 heavy (non-hydrogen) atoms. The fourth-order valence-corrected chi connectivity index (χ4v) is 3.43. The molecule has 74 valence electrons. The summed E-state index contributed by atoms with van der Waals surface area (Å²) in [5, 5.41) is 3.72. The molecule has 2 bridgehead atoms. The molecule has 0 unspecified atom stereocenters. The van der Waals surface area contributed by atoms with Gasteiger partial charge < -0.3 is 10.2 Å². The Morgan fingerprint density at radius 2 is 1.54 bits per heavy atom. The maximum atomic E-state index is 3.72. The van der Waals surface area contributed by atoms with Gasteiger partial charge in [-0.05, 0) is 51.6 Å². The van der Waals surface area contributed by atoms with E-state index in [-0.39, 0.29) is 0 Å². The Hall–Kier alpha value is -0.0800. The molecule has 3 fully saturated rings. The van der Waals surface area contributed by atoms with E-state index < -0.39 is 0 Å². The molecule has 3 heterocycles. The van der Waals surface area contributed by atoms with E-state index in [9.17, 15) is 0 Å². The molecule has 0 aromatic heterocycles. The van der Waals surface area contributed by atoms with Gasteiger partial charge in [-0.15, -0.1) is 0 Å². The summed E-state index contributed by atoms with van der Waals surface area (Å²) < 4.78 is 0. The summed E-state index contributed by atoms with van der Waals surface area (Å²) in [5.74, 6) is 0. The lowest BCUT2D eigenvalue weighted by Crippen LogP contribution is -2.47. The molecule has 2 nitrogen and oxygen atoms in total. The average Bonchev–Trinajstić information content (AvgIpc) is 2.75. The fraction of sp³-hybridized carbons (Fsp3) is 1.00. The topological polar surface area (TPSA) is 15.3 Å². The standard InChI is InChI=1S/C11H20N2/c1-2-6-13(5-1)11-7-9-3-4-10(8-11)12-9/h9-12H,1-8H2/t9-,10-/m0/s1. The summed E-state index contributed by atoms with van der Waals surface area (Å²) in [6, 6.07) is 2.66. The monoisotopic (exact) mass is 180 g/mol. The largest absolute Gasteiger partial charge is 0.311 e. The van der Waals surface area contributed by atoms with Gasteiger partial charge in [0.05, 0.1) is 0 Å². The molecule has 1 N–H and O–H groups in total. The first kappa shape index (κ1) is 8.25.